The zero-order chi connectivity index (χ0) is 11.4. The molecule has 3 heteroatoms. The fraction of sp³-hybridized carbons (Fsp3) is 0.692. The first-order valence-electron chi connectivity index (χ1n) is 6.25. The molecule has 1 aromatic rings. The van der Waals surface area contributed by atoms with Crippen LogP contribution < -0.4 is 5.32 Å². The van der Waals surface area contributed by atoms with Crippen LogP contribution in [-0.4, -0.2) is 36.6 Å². The van der Waals surface area contributed by atoms with E-state index < -0.39 is 0 Å². The first-order chi connectivity index (χ1) is 7.75. The highest BCUT2D eigenvalue weighted by Crippen LogP contribution is 2.13. The molecule has 2 nitrogen and oxygen atoms in total. The summed E-state index contributed by atoms with van der Waals surface area (Å²) in [6, 6.07) is 5.77. The summed E-state index contributed by atoms with van der Waals surface area (Å²) in [7, 11) is 0. The van der Waals surface area contributed by atoms with Crippen molar-refractivity contribution in [3.8, 4) is 0 Å². The summed E-state index contributed by atoms with van der Waals surface area (Å²) in [5.41, 5.74) is 0. The maximum atomic E-state index is 3.67. The van der Waals surface area contributed by atoms with Gasteiger partial charge in [0.05, 0.1) is 0 Å². The Kier molecular flexibility index (Phi) is 4.38. The lowest BCUT2D eigenvalue weighted by molar-refractivity contribution is 0.268. The number of nitrogens with one attached hydrogen (secondary N) is 1. The zero-order valence-electron chi connectivity index (χ0n) is 10.3. The maximum absolute atomic E-state index is 3.67. The van der Waals surface area contributed by atoms with Crippen LogP contribution in [0.15, 0.2) is 17.5 Å². The Morgan fingerprint density at radius 3 is 3.06 bits per heavy atom. The van der Waals surface area contributed by atoms with Gasteiger partial charge in [-0.2, -0.15) is 0 Å². The summed E-state index contributed by atoms with van der Waals surface area (Å²) in [5.74, 6) is 0. The minimum Gasteiger partial charge on any atom is -0.312 e. The Morgan fingerprint density at radius 2 is 2.44 bits per heavy atom. The van der Waals surface area contributed by atoms with Gasteiger partial charge in [0.25, 0.3) is 0 Å². The molecule has 16 heavy (non-hydrogen) atoms. The molecule has 1 aliphatic rings. The van der Waals surface area contributed by atoms with E-state index in [9.17, 15) is 0 Å². The molecule has 90 valence electrons. The van der Waals surface area contributed by atoms with Gasteiger partial charge in [-0.1, -0.05) is 6.07 Å². The molecule has 0 bridgehead atoms. The second-order valence-electron chi connectivity index (χ2n) is 4.86. The van der Waals surface area contributed by atoms with Crippen LogP contribution in [0.4, 0.5) is 0 Å². The summed E-state index contributed by atoms with van der Waals surface area (Å²) in [6.45, 7) is 8.18. The van der Waals surface area contributed by atoms with E-state index in [0.29, 0.717) is 12.1 Å². The predicted molar refractivity (Wildman–Crippen MR) is 71.1 cm³/mol. The average molecular weight is 238 g/mol. The van der Waals surface area contributed by atoms with E-state index >= 15 is 0 Å². The van der Waals surface area contributed by atoms with Gasteiger partial charge in [0.15, 0.2) is 0 Å². The van der Waals surface area contributed by atoms with Crippen LogP contribution in [0.5, 0.6) is 0 Å². The molecule has 1 N–H and O–H groups in total. The summed E-state index contributed by atoms with van der Waals surface area (Å²) in [6.07, 6.45) is 2.48. The second-order valence-corrected chi connectivity index (χ2v) is 5.89. The average Bonchev–Trinajstić information content (AvgIpc) is 2.87. The minimum absolute atomic E-state index is 0.698. The quantitative estimate of drug-likeness (QED) is 0.847. The Balaban J connectivity index is 1.64. The van der Waals surface area contributed by atoms with Crippen molar-refractivity contribution in [3.63, 3.8) is 0 Å². The largest absolute Gasteiger partial charge is 0.312 e. The molecule has 0 radical (unpaired) electrons. The monoisotopic (exact) mass is 238 g/mol. The SMILES string of the molecule is CC(C)N1CCC(NCCc2cccs2)C1. The van der Waals surface area contributed by atoms with Crippen molar-refractivity contribution in [2.75, 3.05) is 19.6 Å². The Labute approximate surface area is 103 Å². The molecule has 1 saturated heterocycles. The number of likely N-dealkylation sites (tertiary alicyclic amines) is 1. The fourth-order valence-corrected chi connectivity index (χ4v) is 2.99. The fourth-order valence-electron chi connectivity index (χ4n) is 2.28. The summed E-state index contributed by atoms with van der Waals surface area (Å²) >= 11 is 1.86. The Hall–Kier alpha value is -0.380. The van der Waals surface area contributed by atoms with Gasteiger partial charge in [-0.15, -0.1) is 11.3 Å². The highest BCUT2D eigenvalue weighted by Gasteiger charge is 2.23. The van der Waals surface area contributed by atoms with E-state index in [1.54, 1.807) is 0 Å². The molecule has 2 rings (SSSR count). The normalized spacial score (nSPS) is 22.1. The van der Waals surface area contributed by atoms with Crippen LogP contribution in [0.25, 0.3) is 0 Å². The van der Waals surface area contributed by atoms with Gasteiger partial charge in [0.1, 0.15) is 0 Å². The number of thiophene rings is 1. The maximum Gasteiger partial charge on any atom is 0.0207 e. The number of hydrogen-bond donors (Lipinski definition) is 1. The molecule has 0 saturated carbocycles. The first kappa shape index (κ1) is 12.1. The van der Waals surface area contributed by atoms with Crippen molar-refractivity contribution in [2.24, 2.45) is 0 Å². The lowest BCUT2D eigenvalue weighted by atomic mass is 10.2. The predicted octanol–water partition coefficient (Wildman–Crippen LogP) is 2.36. The third-order valence-electron chi connectivity index (χ3n) is 3.33. The van der Waals surface area contributed by atoms with Crippen LogP contribution in [-0.2, 0) is 6.42 Å². The van der Waals surface area contributed by atoms with Gasteiger partial charge >= 0.3 is 0 Å². The van der Waals surface area contributed by atoms with E-state index in [-0.39, 0.29) is 0 Å². The van der Waals surface area contributed by atoms with Crippen molar-refractivity contribution < 1.29 is 0 Å². The van der Waals surface area contributed by atoms with Crippen LogP contribution in [0.2, 0.25) is 0 Å². The molecule has 1 atom stereocenters. The molecule has 0 aromatic carbocycles. The number of nitrogens with zero attached hydrogens (tertiary/aromatic N) is 1. The topological polar surface area (TPSA) is 15.3 Å². The molecule has 1 unspecified atom stereocenters. The van der Waals surface area contributed by atoms with Crippen molar-refractivity contribution in [1.82, 2.24) is 10.2 Å². The van der Waals surface area contributed by atoms with Gasteiger partial charge in [-0.25, -0.2) is 0 Å². The van der Waals surface area contributed by atoms with Crippen LogP contribution in [0, 0.1) is 0 Å². The molecule has 1 aromatic heterocycles. The van der Waals surface area contributed by atoms with E-state index in [1.807, 2.05) is 11.3 Å². The van der Waals surface area contributed by atoms with Crippen LogP contribution >= 0.6 is 11.3 Å². The van der Waals surface area contributed by atoms with Crippen molar-refractivity contribution in [1.29, 1.82) is 0 Å². The second kappa shape index (κ2) is 5.80. The molecule has 0 aliphatic carbocycles. The lowest BCUT2D eigenvalue weighted by Gasteiger charge is -2.20. The van der Waals surface area contributed by atoms with Gasteiger partial charge in [0, 0.05) is 30.1 Å². The van der Waals surface area contributed by atoms with Crippen LogP contribution in [0.1, 0.15) is 25.1 Å². The van der Waals surface area contributed by atoms with E-state index in [0.717, 1.165) is 6.54 Å². The van der Waals surface area contributed by atoms with Crippen molar-refractivity contribution in [2.45, 2.75) is 38.8 Å². The standard InChI is InChI=1S/C13H22N2S/c1-11(2)15-8-6-12(10-15)14-7-5-13-4-3-9-16-13/h3-4,9,11-12,14H,5-8,10H2,1-2H3. The third-order valence-corrected chi connectivity index (χ3v) is 4.27. The Morgan fingerprint density at radius 1 is 1.56 bits per heavy atom. The summed E-state index contributed by atoms with van der Waals surface area (Å²) < 4.78 is 0. The van der Waals surface area contributed by atoms with Crippen molar-refractivity contribution >= 4 is 11.3 Å². The molecule has 0 amide bonds. The lowest BCUT2D eigenvalue weighted by Crippen LogP contribution is -2.35. The van der Waals surface area contributed by atoms with E-state index in [4.69, 9.17) is 0 Å². The van der Waals surface area contributed by atoms with Crippen LogP contribution in [0.3, 0.4) is 0 Å². The number of hydrogen-bond acceptors (Lipinski definition) is 3. The van der Waals surface area contributed by atoms with E-state index in [1.165, 1.54) is 30.8 Å². The summed E-state index contributed by atoms with van der Waals surface area (Å²) in [5, 5.41) is 5.83. The van der Waals surface area contributed by atoms with Gasteiger partial charge in [-0.05, 0) is 44.7 Å². The van der Waals surface area contributed by atoms with Crippen molar-refractivity contribution in [3.05, 3.63) is 22.4 Å². The highest BCUT2D eigenvalue weighted by molar-refractivity contribution is 7.09. The Bertz CT molecular complexity index is 295. The third kappa shape index (κ3) is 3.30. The first-order valence-corrected chi connectivity index (χ1v) is 7.13. The minimum atomic E-state index is 0.698. The number of rotatable bonds is 5. The molecular weight excluding hydrogens is 216 g/mol. The van der Waals surface area contributed by atoms with Gasteiger partial charge < -0.3 is 5.32 Å². The smallest absolute Gasteiger partial charge is 0.0207 e. The molecule has 0 spiro atoms. The zero-order valence-corrected chi connectivity index (χ0v) is 11.1. The van der Waals surface area contributed by atoms with Gasteiger partial charge in [-0.3, -0.25) is 4.90 Å². The molecule has 2 heterocycles. The summed E-state index contributed by atoms with van der Waals surface area (Å²) in [4.78, 5) is 4.05. The highest BCUT2D eigenvalue weighted by atomic mass is 32.1. The van der Waals surface area contributed by atoms with E-state index in [2.05, 4.69) is 41.6 Å². The molecule has 1 fully saturated rings. The van der Waals surface area contributed by atoms with Gasteiger partial charge in [0.2, 0.25) is 0 Å². The molecular formula is C13H22N2S. The molecule has 1 aliphatic heterocycles.